The van der Waals surface area contributed by atoms with Crippen LogP contribution in [-0.2, 0) is 7.05 Å². The summed E-state index contributed by atoms with van der Waals surface area (Å²) in [5.74, 6) is 2.07. The Morgan fingerprint density at radius 1 is 1.38 bits per heavy atom. The van der Waals surface area contributed by atoms with Gasteiger partial charge in [0, 0.05) is 7.05 Å². The molecule has 1 aliphatic heterocycles. The molecular formula is C9H16N4. The first-order valence-corrected chi connectivity index (χ1v) is 4.88. The molecule has 0 bridgehead atoms. The largest absolute Gasteiger partial charge is 0.317 e. The minimum Gasteiger partial charge on any atom is -0.317 e. The normalized spacial score (nSPS) is 23.4. The van der Waals surface area contributed by atoms with Gasteiger partial charge in [0.1, 0.15) is 11.6 Å². The van der Waals surface area contributed by atoms with Crippen molar-refractivity contribution in [3.05, 3.63) is 11.6 Å². The topological polar surface area (TPSA) is 42.7 Å². The molecule has 72 valence electrons. The highest BCUT2D eigenvalue weighted by molar-refractivity contribution is 5.00. The molecule has 1 aromatic rings. The van der Waals surface area contributed by atoms with Crippen molar-refractivity contribution < 1.29 is 0 Å². The Kier molecular flexibility index (Phi) is 2.31. The third kappa shape index (κ3) is 1.58. The van der Waals surface area contributed by atoms with Gasteiger partial charge < -0.3 is 9.88 Å². The predicted molar refractivity (Wildman–Crippen MR) is 50.3 cm³/mol. The fourth-order valence-electron chi connectivity index (χ4n) is 1.80. The fourth-order valence-corrected chi connectivity index (χ4v) is 1.80. The fraction of sp³-hybridized carbons (Fsp3) is 0.778. The number of hydrogen-bond donors (Lipinski definition) is 1. The Labute approximate surface area is 78.4 Å². The van der Waals surface area contributed by atoms with E-state index in [0.29, 0.717) is 6.04 Å². The lowest BCUT2D eigenvalue weighted by molar-refractivity contribution is 0.389. The molecule has 0 aliphatic carbocycles. The summed E-state index contributed by atoms with van der Waals surface area (Å²) >= 11 is 0. The van der Waals surface area contributed by atoms with Crippen LogP contribution in [0.25, 0.3) is 0 Å². The monoisotopic (exact) mass is 180 g/mol. The van der Waals surface area contributed by atoms with Gasteiger partial charge in [-0.1, -0.05) is 6.42 Å². The maximum atomic E-state index is 4.19. The highest BCUT2D eigenvalue weighted by Crippen LogP contribution is 2.20. The van der Waals surface area contributed by atoms with Crippen LogP contribution in [0.5, 0.6) is 0 Å². The first-order chi connectivity index (χ1) is 6.29. The smallest absolute Gasteiger partial charge is 0.149 e. The summed E-state index contributed by atoms with van der Waals surface area (Å²) in [5, 5.41) is 11.7. The van der Waals surface area contributed by atoms with Gasteiger partial charge in [-0.2, -0.15) is 0 Å². The molecule has 4 heteroatoms. The summed E-state index contributed by atoms with van der Waals surface area (Å²) in [6, 6.07) is 0.417. The summed E-state index contributed by atoms with van der Waals surface area (Å²) in [4.78, 5) is 0. The van der Waals surface area contributed by atoms with Crippen LogP contribution in [0.1, 0.15) is 37.0 Å². The van der Waals surface area contributed by atoms with Crippen molar-refractivity contribution in [3.8, 4) is 0 Å². The lowest BCUT2D eigenvalue weighted by atomic mass is 10.0. The molecule has 0 saturated carbocycles. The Balaban J connectivity index is 2.18. The molecule has 2 rings (SSSR count). The van der Waals surface area contributed by atoms with Gasteiger partial charge >= 0.3 is 0 Å². The molecule has 1 saturated heterocycles. The lowest BCUT2D eigenvalue weighted by Crippen LogP contribution is -2.28. The summed E-state index contributed by atoms with van der Waals surface area (Å²) < 4.78 is 2.07. The zero-order valence-electron chi connectivity index (χ0n) is 8.25. The van der Waals surface area contributed by atoms with E-state index in [9.17, 15) is 0 Å². The van der Waals surface area contributed by atoms with E-state index in [-0.39, 0.29) is 0 Å². The SMILES string of the molecule is Cc1nnc(C2CCCCN2)n1C. The quantitative estimate of drug-likeness (QED) is 0.699. The van der Waals surface area contributed by atoms with Crippen LogP contribution in [-0.4, -0.2) is 21.3 Å². The number of piperidine rings is 1. The Bertz CT molecular complexity index is 286. The van der Waals surface area contributed by atoms with Crippen LogP contribution in [0.2, 0.25) is 0 Å². The Morgan fingerprint density at radius 3 is 2.77 bits per heavy atom. The number of hydrogen-bond acceptors (Lipinski definition) is 3. The van der Waals surface area contributed by atoms with E-state index in [0.717, 1.165) is 18.2 Å². The first kappa shape index (κ1) is 8.69. The molecule has 13 heavy (non-hydrogen) atoms. The van der Waals surface area contributed by atoms with Crippen LogP contribution in [0.3, 0.4) is 0 Å². The van der Waals surface area contributed by atoms with Gasteiger partial charge in [0.25, 0.3) is 0 Å². The Morgan fingerprint density at radius 2 is 2.23 bits per heavy atom. The lowest BCUT2D eigenvalue weighted by Gasteiger charge is -2.22. The van der Waals surface area contributed by atoms with Crippen LogP contribution >= 0.6 is 0 Å². The Hall–Kier alpha value is -0.900. The van der Waals surface area contributed by atoms with Crippen molar-refractivity contribution in [1.82, 2.24) is 20.1 Å². The predicted octanol–water partition coefficient (Wildman–Crippen LogP) is 0.938. The third-order valence-electron chi connectivity index (χ3n) is 2.75. The molecule has 1 aliphatic rings. The number of aromatic nitrogens is 3. The molecular weight excluding hydrogens is 164 g/mol. The molecule has 2 heterocycles. The molecule has 0 aromatic carbocycles. The zero-order valence-corrected chi connectivity index (χ0v) is 8.25. The molecule has 1 unspecified atom stereocenters. The number of aryl methyl sites for hydroxylation is 1. The second kappa shape index (κ2) is 3.46. The maximum absolute atomic E-state index is 4.19. The molecule has 0 spiro atoms. The molecule has 4 nitrogen and oxygen atoms in total. The van der Waals surface area contributed by atoms with Gasteiger partial charge in [0.15, 0.2) is 0 Å². The van der Waals surface area contributed by atoms with Crippen molar-refractivity contribution in [2.24, 2.45) is 7.05 Å². The van der Waals surface area contributed by atoms with Gasteiger partial charge in [0.2, 0.25) is 0 Å². The van der Waals surface area contributed by atoms with Crippen LogP contribution in [0, 0.1) is 6.92 Å². The second-order valence-electron chi connectivity index (χ2n) is 3.67. The highest BCUT2D eigenvalue weighted by Gasteiger charge is 2.19. The summed E-state index contributed by atoms with van der Waals surface area (Å²) in [6.45, 7) is 3.09. The molecule has 1 N–H and O–H groups in total. The summed E-state index contributed by atoms with van der Waals surface area (Å²) in [6.07, 6.45) is 3.77. The molecule has 0 radical (unpaired) electrons. The number of nitrogens with zero attached hydrogens (tertiary/aromatic N) is 3. The standard InChI is InChI=1S/C9H16N4/c1-7-11-12-9(13(7)2)8-5-3-4-6-10-8/h8,10H,3-6H2,1-2H3. The van der Waals surface area contributed by atoms with Gasteiger partial charge in [-0.15, -0.1) is 10.2 Å². The van der Waals surface area contributed by atoms with Crippen LogP contribution < -0.4 is 5.32 Å². The van der Waals surface area contributed by atoms with Gasteiger partial charge in [-0.3, -0.25) is 0 Å². The van der Waals surface area contributed by atoms with Crippen molar-refractivity contribution in [3.63, 3.8) is 0 Å². The molecule has 1 fully saturated rings. The molecule has 0 amide bonds. The van der Waals surface area contributed by atoms with Crippen molar-refractivity contribution in [2.45, 2.75) is 32.2 Å². The van der Waals surface area contributed by atoms with E-state index in [1.807, 2.05) is 14.0 Å². The average molecular weight is 180 g/mol. The minimum absolute atomic E-state index is 0.417. The van der Waals surface area contributed by atoms with Crippen molar-refractivity contribution >= 4 is 0 Å². The van der Waals surface area contributed by atoms with E-state index >= 15 is 0 Å². The van der Waals surface area contributed by atoms with Crippen molar-refractivity contribution in [2.75, 3.05) is 6.54 Å². The van der Waals surface area contributed by atoms with E-state index in [4.69, 9.17) is 0 Å². The third-order valence-corrected chi connectivity index (χ3v) is 2.75. The van der Waals surface area contributed by atoms with Crippen LogP contribution in [0.15, 0.2) is 0 Å². The van der Waals surface area contributed by atoms with E-state index in [2.05, 4.69) is 20.1 Å². The average Bonchev–Trinajstić information content (AvgIpc) is 2.49. The van der Waals surface area contributed by atoms with Gasteiger partial charge in [0.05, 0.1) is 6.04 Å². The number of nitrogens with one attached hydrogen (secondary N) is 1. The molecule has 1 atom stereocenters. The maximum Gasteiger partial charge on any atom is 0.149 e. The highest BCUT2D eigenvalue weighted by atomic mass is 15.3. The zero-order chi connectivity index (χ0) is 9.26. The summed E-state index contributed by atoms with van der Waals surface area (Å²) in [5.41, 5.74) is 0. The van der Waals surface area contributed by atoms with Gasteiger partial charge in [-0.05, 0) is 26.3 Å². The summed E-state index contributed by atoms with van der Waals surface area (Å²) in [7, 11) is 2.03. The number of rotatable bonds is 1. The van der Waals surface area contributed by atoms with E-state index < -0.39 is 0 Å². The van der Waals surface area contributed by atoms with E-state index in [1.165, 1.54) is 19.3 Å². The molecule has 1 aromatic heterocycles. The van der Waals surface area contributed by atoms with Gasteiger partial charge in [-0.25, -0.2) is 0 Å². The first-order valence-electron chi connectivity index (χ1n) is 4.88. The van der Waals surface area contributed by atoms with E-state index in [1.54, 1.807) is 0 Å². The van der Waals surface area contributed by atoms with Crippen molar-refractivity contribution in [1.29, 1.82) is 0 Å². The second-order valence-corrected chi connectivity index (χ2v) is 3.67. The minimum atomic E-state index is 0.417. The van der Waals surface area contributed by atoms with Crippen LogP contribution in [0.4, 0.5) is 0 Å².